The minimum absolute atomic E-state index is 0.0530. The number of hydrogen-bond donors (Lipinski definition) is 2. The number of rotatable bonds is 6. The minimum atomic E-state index is -0.0530. The highest BCUT2D eigenvalue weighted by Crippen LogP contribution is 2.29. The quantitative estimate of drug-likeness (QED) is 0.771. The van der Waals surface area contributed by atoms with Crippen LogP contribution in [-0.2, 0) is 0 Å². The number of para-hydroxylation sites is 3. The number of urea groups is 1. The molecule has 0 radical (unpaired) electrons. The Morgan fingerprint density at radius 2 is 1.81 bits per heavy atom. The molecule has 2 N–H and O–H groups in total. The highest BCUT2D eigenvalue weighted by Gasteiger charge is 2.40. The van der Waals surface area contributed by atoms with Gasteiger partial charge in [0.1, 0.15) is 24.7 Å². The molecule has 2 aliphatic rings. The second-order valence-electron chi connectivity index (χ2n) is 6.90. The third kappa shape index (κ3) is 4.17. The number of carbonyl (C=O) groups excluding carboxylic acids is 1. The number of carbonyl (C=O) groups is 1. The van der Waals surface area contributed by atoms with E-state index in [9.17, 15) is 4.79 Å². The first-order valence-electron chi connectivity index (χ1n) is 9.49. The van der Waals surface area contributed by atoms with Gasteiger partial charge in [-0.25, -0.2) is 4.79 Å². The lowest BCUT2D eigenvalue weighted by Gasteiger charge is -2.24. The van der Waals surface area contributed by atoms with Gasteiger partial charge in [-0.3, -0.25) is 0 Å². The maximum Gasteiger partial charge on any atom is 0.322 e. The topological polar surface area (TPSA) is 62.8 Å². The van der Waals surface area contributed by atoms with Gasteiger partial charge in [-0.05, 0) is 36.6 Å². The van der Waals surface area contributed by atoms with Crippen LogP contribution in [0.5, 0.6) is 11.5 Å². The molecule has 0 bridgehead atoms. The summed E-state index contributed by atoms with van der Waals surface area (Å²) in [4.78, 5) is 14.7. The number of ether oxygens (including phenoxy) is 2. The summed E-state index contributed by atoms with van der Waals surface area (Å²) in [6, 6.07) is 17.4. The second kappa shape index (κ2) is 8.31. The van der Waals surface area contributed by atoms with Gasteiger partial charge in [0.15, 0.2) is 0 Å². The Kier molecular flexibility index (Phi) is 5.44. The van der Waals surface area contributed by atoms with Crippen molar-refractivity contribution in [2.24, 2.45) is 5.92 Å². The number of hydrogen-bond acceptors (Lipinski definition) is 4. The summed E-state index contributed by atoms with van der Waals surface area (Å²) >= 11 is 0. The molecule has 2 amide bonds. The van der Waals surface area contributed by atoms with Crippen molar-refractivity contribution in [2.75, 3.05) is 38.2 Å². The van der Waals surface area contributed by atoms with Crippen LogP contribution in [0.15, 0.2) is 54.6 Å². The number of fused-ring (bicyclic) bond motifs is 1. The molecule has 2 unspecified atom stereocenters. The summed E-state index contributed by atoms with van der Waals surface area (Å²) in [7, 11) is 0. The van der Waals surface area contributed by atoms with Crippen LogP contribution in [0.25, 0.3) is 0 Å². The molecule has 0 saturated carbocycles. The van der Waals surface area contributed by atoms with Crippen LogP contribution < -0.4 is 20.1 Å². The van der Waals surface area contributed by atoms with Crippen molar-refractivity contribution in [3.05, 3.63) is 54.6 Å². The second-order valence-corrected chi connectivity index (χ2v) is 6.90. The molecular weight excluding hydrogens is 342 g/mol. The van der Waals surface area contributed by atoms with Gasteiger partial charge in [0, 0.05) is 25.7 Å². The molecule has 2 aromatic carbocycles. The van der Waals surface area contributed by atoms with Crippen LogP contribution in [0, 0.1) is 5.92 Å². The Morgan fingerprint density at radius 1 is 1.04 bits per heavy atom. The van der Waals surface area contributed by atoms with E-state index in [2.05, 4.69) is 10.6 Å². The Morgan fingerprint density at radius 3 is 2.70 bits per heavy atom. The van der Waals surface area contributed by atoms with Crippen LogP contribution in [0.1, 0.15) is 6.42 Å². The predicted molar refractivity (Wildman–Crippen MR) is 104 cm³/mol. The zero-order valence-corrected chi connectivity index (χ0v) is 15.3. The van der Waals surface area contributed by atoms with Gasteiger partial charge in [0.05, 0.1) is 5.69 Å². The molecule has 0 aliphatic carbocycles. The van der Waals surface area contributed by atoms with Gasteiger partial charge in [0.25, 0.3) is 0 Å². The highest BCUT2D eigenvalue weighted by atomic mass is 16.5. The average Bonchev–Trinajstić information content (AvgIpc) is 3.31. The zero-order chi connectivity index (χ0) is 18.5. The van der Waals surface area contributed by atoms with Crippen LogP contribution in [-0.4, -0.2) is 49.8 Å². The van der Waals surface area contributed by atoms with E-state index < -0.39 is 0 Å². The molecule has 6 heteroatoms. The van der Waals surface area contributed by atoms with Crippen molar-refractivity contribution in [3.8, 4) is 11.5 Å². The number of amides is 2. The smallest absolute Gasteiger partial charge is 0.322 e. The monoisotopic (exact) mass is 367 g/mol. The van der Waals surface area contributed by atoms with Gasteiger partial charge in [-0.2, -0.15) is 0 Å². The molecule has 2 fully saturated rings. The summed E-state index contributed by atoms with van der Waals surface area (Å²) in [6.45, 7) is 3.55. The molecule has 2 aromatic rings. The molecule has 2 atom stereocenters. The molecule has 2 aliphatic heterocycles. The lowest BCUT2D eigenvalue weighted by atomic mass is 10.1. The van der Waals surface area contributed by atoms with Crippen LogP contribution in [0.4, 0.5) is 10.5 Å². The fraction of sp³-hybridized carbons (Fsp3) is 0.381. The number of anilines is 1. The summed E-state index contributed by atoms with van der Waals surface area (Å²) in [5.41, 5.74) is 0.691. The first-order valence-corrected chi connectivity index (χ1v) is 9.49. The standard InChI is InChI=1S/C21H25N3O3/c25-21(24-11-10-16-14-22-15-19(16)24)23-18-8-4-5-9-20(18)27-13-12-26-17-6-2-1-3-7-17/h1-9,16,19,22H,10-15H2,(H,23,25). The van der Waals surface area contributed by atoms with Gasteiger partial charge in [-0.15, -0.1) is 0 Å². The number of benzene rings is 2. The molecule has 6 nitrogen and oxygen atoms in total. The van der Waals surface area contributed by atoms with Gasteiger partial charge in [-0.1, -0.05) is 30.3 Å². The molecule has 2 heterocycles. The molecule has 0 spiro atoms. The summed E-state index contributed by atoms with van der Waals surface area (Å²) < 4.78 is 11.5. The summed E-state index contributed by atoms with van der Waals surface area (Å²) in [5, 5.41) is 6.39. The normalized spacial score (nSPS) is 21.0. The van der Waals surface area contributed by atoms with Crippen LogP contribution in [0.3, 0.4) is 0 Å². The van der Waals surface area contributed by atoms with Crippen molar-refractivity contribution >= 4 is 11.7 Å². The van der Waals surface area contributed by atoms with E-state index >= 15 is 0 Å². The Balaban J connectivity index is 1.31. The molecule has 142 valence electrons. The summed E-state index contributed by atoms with van der Waals surface area (Å²) in [6.07, 6.45) is 1.07. The van der Waals surface area contributed by atoms with Crippen LogP contribution >= 0.6 is 0 Å². The van der Waals surface area contributed by atoms with Crippen molar-refractivity contribution in [2.45, 2.75) is 12.5 Å². The number of nitrogens with one attached hydrogen (secondary N) is 2. The molecule has 4 rings (SSSR count). The third-order valence-electron chi connectivity index (χ3n) is 5.19. The van der Waals surface area contributed by atoms with Crippen molar-refractivity contribution in [1.82, 2.24) is 10.2 Å². The minimum Gasteiger partial charge on any atom is -0.490 e. The van der Waals surface area contributed by atoms with E-state index in [4.69, 9.17) is 9.47 Å². The summed E-state index contributed by atoms with van der Waals surface area (Å²) in [5.74, 6) is 2.05. The van der Waals surface area contributed by atoms with E-state index in [0.29, 0.717) is 36.6 Å². The van der Waals surface area contributed by atoms with Crippen molar-refractivity contribution in [3.63, 3.8) is 0 Å². The maximum absolute atomic E-state index is 12.7. The lowest BCUT2D eigenvalue weighted by molar-refractivity contribution is 0.205. The van der Waals surface area contributed by atoms with E-state index in [0.717, 1.165) is 31.8 Å². The first kappa shape index (κ1) is 17.7. The van der Waals surface area contributed by atoms with Gasteiger partial charge < -0.3 is 25.0 Å². The predicted octanol–water partition coefficient (Wildman–Crippen LogP) is 2.97. The van der Waals surface area contributed by atoms with E-state index in [1.54, 1.807) is 0 Å². The van der Waals surface area contributed by atoms with Crippen LogP contribution in [0.2, 0.25) is 0 Å². The molecular formula is C21H25N3O3. The van der Waals surface area contributed by atoms with Crippen molar-refractivity contribution < 1.29 is 14.3 Å². The van der Waals surface area contributed by atoms with E-state index in [1.807, 2.05) is 59.5 Å². The Hall–Kier alpha value is -2.73. The van der Waals surface area contributed by atoms with Crippen molar-refractivity contribution in [1.29, 1.82) is 0 Å². The fourth-order valence-corrected chi connectivity index (χ4v) is 3.81. The molecule has 0 aromatic heterocycles. The first-order chi connectivity index (χ1) is 13.3. The molecule has 27 heavy (non-hydrogen) atoms. The lowest BCUT2D eigenvalue weighted by Crippen LogP contribution is -2.41. The molecule has 2 saturated heterocycles. The Labute approximate surface area is 159 Å². The Bertz CT molecular complexity index is 768. The number of nitrogens with zero attached hydrogens (tertiary/aromatic N) is 1. The van der Waals surface area contributed by atoms with E-state index in [1.165, 1.54) is 0 Å². The maximum atomic E-state index is 12.7. The average molecular weight is 367 g/mol. The SMILES string of the molecule is O=C(Nc1ccccc1OCCOc1ccccc1)N1CCC2CNCC21. The number of likely N-dealkylation sites (tertiary alicyclic amines) is 1. The fourth-order valence-electron chi connectivity index (χ4n) is 3.81. The van der Waals surface area contributed by atoms with E-state index in [-0.39, 0.29) is 6.03 Å². The highest BCUT2D eigenvalue weighted by molar-refractivity contribution is 5.91. The largest absolute Gasteiger partial charge is 0.490 e. The zero-order valence-electron chi connectivity index (χ0n) is 15.3. The third-order valence-corrected chi connectivity index (χ3v) is 5.19. The van der Waals surface area contributed by atoms with Gasteiger partial charge >= 0.3 is 6.03 Å². The van der Waals surface area contributed by atoms with Gasteiger partial charge in [0.2, 0.25) is 0 Å².